The molecule has 114 valence electrons. The molecular weight excluding hydrogens is 264 g/mol. The minimum absolute atomic E-state index is 0.0883. The van der Waals surface area contributed by atoms with Crippen LogP contribution in [-0.2, 0) is 11.2 Å². The number of aryl methyl sites for hydroxylation is 1. The third kappa shape index (κ3) is 3.05. The van der Waals surface area contributed by atoms with Crippen molar-refractivity contribution in [2.75, 3.05) is 18.5 Å². The molecule has 3 rings (SSSR count). The third-order valence-electron chi connectivity index (χ3n) is 4.70. The van der Waals surface area contributed by atoms with Crippen molar-refractivity contribution in [2.45, 2.75) is 50.6 Å². The van der Waals surface area contributed by atoms with E-state index >= 15 is 0 Å². The second-order valence-electron chi connectivity index (χ2n) is 6.09. The fourth-order valence-corrected chi connectivity index (χ4v) is 3.58. The van der Waals surface area contributed by atoms with Crippen molar-refractivity contribution < 1.29 is 9.90 Å². The van der Waals surface area contributed by atoms with Gasteiger partial charge in [0, 0.05) is 24.9 Å². The van der Waals surface area contributed by atoms with Gasteiger partial charge in [-0.3, -0.25) is 4.79 Å². The van der Waals surface area contributed by atoms with Gasteiger partial charge in [-0.05, 0) is 50.2 Å². The molecule has 2 N–H and O–H groups in total. The number of fused-ring (bicyclic) bond motifs is 1. The Bertz CT molecular complexity index is 503. The van der Waals surface area contributed by atoms with Gasteiger partial charge in [0.05, 0.1) is 0 Å². The summed E-state index contributed by atoms with van der Waals surface area (Å²) in [6.07, 6.45) is 5.72. The molecule has 1 amide bonds. The van der Waals surface area contributed by atoms with E-state index in [4.69, 9.17) is 5.11 Å². The molecule has 2 aliphatic rings. The predicted octanol–water partition coefficient (Wildman–Crippen LogP) is 2.18. The zero-order chi connectivity index (χ0) is 14.7. The molecule has 1 aromatic carbocycles. The number of carbonyl (C=O) groups excluding carboxylic acids is 1. The SMILES string of the molecule is O=C(C1CCc2ccccc2N1)N1CCCC1CCCO. The third-order valence-corrected chi connectivity index (χ3v) is 4.70. The van der Waals surface area contributed by atoms with Crippen LogP contribution in [0.4, 0.5) is 5.69 Å². The van der Waals surface area contributed by atoms with E-state index < -0.39 is 0 Å². The van der Waals surface area contributed by atoms with Gasteiger partial charge >= 0.3 is 0 Å². The van der Waals surface area contributed by atoms with Crippen LogP contribution < -0.4 is 5.32 Å². The van der Waals surface area contributed by atoms with Gasteiger partial charge in [0.2, 0.25) is 5.91 Å². The molecule has 0 spiro atoms. The molecule has 1 saturated heterocycles. The minimum Gasteiger partial charge on any atom is -0.396 e. The number of nitrogens with one attached hydrogen (secondary N) is 1. The van der Waals surface area contributed by atoms with Crippen molar-refractivity contribution in [3.05, 3.63) is 29.8 Å². The van der Waals surface area contributed by atoms with Crippen molar-refractivity contribution in [3.8, 4) is 0 Å². The van der Waals surface area contributed by atoms with Gasteiger partial charge in [-0.2, -0.15) is 0 Å². The van der Waals surface area contributed by atoms with Crippen molar-refractivity contribution in [3.63, 3.8) is 0 Å². The lowest BCUT2D eigenvalue weighted by Gasteiger charge is -2.32. The molecule has 4 heteroatoms. The summed E-state index contributed by atoms with van der Waals surface area (Å²) >= 11 is 0. The van der Waals surface area contributed by atoms with Crippen LogP contribution in [0.2, 0.25) is 0 Å². The number of para-hydroxylation sites is 1. The second-order valence-corrected chi connectivity index (χ2v) is 6.09. The number of amides is 1. The summed E-state index contributed by atoms with van der Waals surface area (Å²) < 4.78 is 0. The van der Waals surface area contributed by atoms with E-state index in [0.717, 1.165) is 50.8 Å². The summed E-state index contributed by atoms with van der Waals surface area (Å²) in [5, 5.41) is 12.4. The Morgan fingerprint density at radius 1 is 1.33 bits per heavy atom. The summed E-state index contributed by atoms with van der Waals surface area (Å²) in [6, 6.07) is 8.48. The summed E-state index contributed by atoms with van der Waals surface area (Å²) in [5.74, 6) is 0.241. The Kier molecular flexibility index (Phi) is 4.44. The van der Waals surface area contributed by atoms with Gasteiger partial charge in [-0.1, -0.05) is 18.2 Å². The molecule has 0 aromatic heterocycles. The second kappa shape index (κ2) is 6.48. The number of hydrogen-bond donors (Lipinski definition) is 2. The summed E-state index contributed by atoms with van der Waals surface area (Å²) in [5.41, 5.74) is 2.41. The van der Waals surface area contributed by atoms with Gasteiger partial charge in [-0.25, -0.2) is 0 Å². The molecule has 2 atom stereocenters. The molecule has 0 bridgehead atoms. The van der Waals surface area contributed by atoms with E-state index in [9.17, 15) is 4.79 Å². The van der Waals surface area contributed by atoms with E-state index in [1.165, 1.54) is 5.56 Å². The highest BCUT2D eigenvalue weighted by atomic mass is 16.3. The molecule has 0 aliphatic carbocycles. The number of likely N-dealkylation sites (tertiary alicyclic amines) is 1. The first kappa shape index (κ1) is 14.4. The number of aliphatic hydroxyl groups is 1. The maximum Gasteiger partial charge on any atom is 0.245 e. The van der Waals surface area contributed by atoms with Crippen LogP contribution in [0.25, 0.3) is 0 Å². The molecule has 0 saturated carbocycles. The monoisotopic (exact) mass is 288 g/mol. The number of anilines is 1. The smallest absolute Gasteiger partial charge is 0.245 e. The van der Waals surface area contributed by atoms with E-state index in [-0.39, 0.29) is 18.6 Å². The van der Waals surface area contributed by atoms with Crippen LogP contribution in [-0.4, -0.2) is 41.1 Å². The standard InChI is InChI=1S/C17H24N2O2/c20-12-4-7-14-6-3-11-19(14)17(21)16-10-9-13-5-1-2-8-15(13)18-16/h1-2,5,8,14,16,18,20H,3-4,6-7,9-12H2. The first-order valence-electron chi connectivity index (χ1n) is 8.05. The first-order chi connectivity index (χ1) is 10.3. The fraction of sp³-hybridized carbons (Fsp3) is 0.588. The van der Waals surface area contributed by atoms with E-state index in [0.29, 0.717) is 6.04 Å². The minimum atomic E-state index is -0.0883. The van der Waals surface area contributed by atoms with E-state index in [1.807, 2.05) is 17.0 Å². The van der Waals surface area contributed by atoms with E-state index in [1.54, 1.807) is 0 Å². The lowest BCUT2D eigenvalue weighted by atomic mass is 9.97. The van der Waals surface area contributed by atoms with Crippen molar-refractivity contribution >= 4 is 11.6 Å². The Morgan fingerprint density at radius 2 is 2.19 bits per heavy atom. The average Bonchev–Trinajstić information content (AvgIpc) is 3.00. The zero-order valence-corrected chi connectivity index (χ0v) is 12.4. The quantitative estimate of drug-likeness (QED) is 0.893. The fourth-order valence-electron chi connectivity index (χ4n) is 3.58. The zero-order valence-electron chi connectivity index (χ0n) is 12.4. The van der Waals surface area contributed by atoms with Crippen LogP contribution in [0, 0.1) is 0 Å². The van der Waals surface area contributed by atoms with Gasteiger partial charge < -0.3 is 15.3 Å². The highest BCUT2D eigenvalue weighted by Crippen LogP contribution is 2.28. The van der Waals surface area contributed by atoms with Gasteiger partial charge in [-0.15, -0.1) is 0 Å². The predicted molar refractivity (Wildman–Crippen MR) is 83.2 cm³/mol. The summed E-state index contributed by atoms with van der Waals surface area (Å²) in [4.78, 5) is 14.8. The molecule has 2 aliphatic heterocycles. The Balaban J connectivity index is 1.66. The van der Waals surface area contributed by atoms with Crippen molar-refractivity contribution in [1.82, 2.24) is 4.90 Å². The Morgan fingerprint density at radius 3 is 3.05 bits per heavy atom. The largest absolute Gasteiger partial charge is 0.396 e. The van der Waals surface area contributed by atoms with Gasteiger partial charge in [0.1, 0.15) is 6.04 Å². The van der Waals surface area contributed by atoms with Gasteiger partial charge in [0.15, 0.2) is 0 Å². The van der Waals surface area contributed by atoms with Crippen LogP contribution in [0.15, 0.2) is 24.3 Å². The highest BCUT2D eigenvalue weighted by molar-refractivity contribution is 5.86. The normalized spacial score (nSPS) is 24.5. The summed E-state index contributed by atoms with van der Waals surface area (Å²) in [7, 11) is 0. The van der Waals surface area contributed by atoms with Crippen molar-refractivity contribution in [2.24, 2.45) is 0 Å². The molecule has 1 aromatic rings. The number of carbonyl (C=O) groups is 1. The Hall–Kier alpha value is -1.55. The Labute approximate surface area is 126 Å². The number of benzene rings is 1. The van der Waals surface area contributed by atoms with Crippen LogP contribution in [0.3, 0.4) is 0 Å². The molecule has 21 heavy (non-hydrogen) atoms. The number of hydrogen-bond acceptors (Lipinski definition) is 3. The molecular formula is C17H24N2O2. The number of rotatable bonds is 4. The number of nitrogens with zero attached hydrogens (tertiary/aromatic N) is 1. The highest BCUT2D eigenvalue weighted by Gasteiger charge is 2.34. The van der Waals surface area contributed by atoms with E-state index in [2.05, 4.69) is 17.4 Å². The molecule has 1 fully saturated rings. The van der Waals surface area contributed by atoms with Crippen LogP contribution in [0.5, 0.6) is 0 Å². The number of aliphatic hydroxyl groups excluding tert-OH is 1. The first-order valence-corrected chi connectivity index (χ1v) is 8.05. The molecule has 2 unspecified atom stereocenters. The lowest BCUT2D eigenvalue weighted by Crippen LogP contribution is -2.46. The maximum atomic E-state index is 12.8. The lowest BCUT2D eigenvalue weighted by molar-refractivity contribution is -0.133. The van der Waals surface area contributed by atoms with Crippen molar-refractivity contribution in [1.29, 1.82) is 0 Å². The average molecular weight is 288 g/mol. The van der Waals surface area contributed by atoms with Crippen LogP contribution >= 0.6 is 0 Å². The van der Waals surface area contributed by atoms with Crippen LogP contribution in [0.1, 0.15) is 37.7 Å². The molecule has 0 radical (unpaired) electrons. The topological polar surface area (TPSA) is 52.6 Å². The molecule has 4 nitrogen and oxygen atoms in total. The summed E-state index contributed by atoms with van der Waals surface area (Å²) in [6.45, 7) is 1.09. The maximum absolute atomic E-state index is 12.8. The van der Waals surface area contributed by atoms with Gasteiger partial charge in [0.25, 0.3) is 0 Å². The molecule has 2 heterocycles.